The number of hydrogen-bond acceptors (Lipinski definition) is 6. The number of amides is 1. The fourth-order valence-corrected chi connectivity index (χ4v) is 4.24. The highest BCUT2D eigenvalue weighted by atomic mass is 32.2. The highest BCUT2D eigenvalue weighted by molar-refractivity contribution is 8.00. The molecule has 0 saturated heterocycles. The van der Waals surface area contributed by atoms with Crippen LogP contribution in [0.25, 0.3) is 0 Å². The van der Waals surface area contributed by atoms with E-state index in [4.69, 9.17) is 0 Å². The van der Waals surface area contributed by atoms with Gasteiger partial charge in [-0.1, -0.05) is 12.1 Å². The molecule has 7 nitrogen and oxygen atoms in total. The molecule has 0 atom stereocenters. The maximum absolute atomic E-state index is 12.7. The lowest BCUT2D eigenvalue weighted by Crippen LogP contribution is -2.24. The molecule has 168 valence electrons. The third-order valence-electron chi connectivity index (χ3n) is 3.53. The van der Waals surface area contributed by atoms with Crippen LogP contribution >= 0.6 is 11.8 Å². The van der Waals surface area contributed by atoms with E-state index in [1.807, 2.05) is 5.32 Å². The number of alkyl halides is 6. The van der Waals surface area contributed by atoms with E-state index in [9.17, 15) is 49.7 Å². The summed E-state index contributed by atoms with van der Waals surface area (Å²) in [6, 6.07) is 5.25. The highest BCUT2D eigenvalue weighted by Crippen LogP contribution is 2.40. The van der Waals surface area contributed by atoms with Crippen molar-refractivity contribution in [2.24, 2.45) is 0 Å². The number of nitrogens with one attached hydrogen (secondary N) is 1. The molecule has 1 amide bonds. The second-order valence-electron chi connectivity index (χ2n) is 5.79. The number of nitro benzene ring substituents is 1. The zero-order chi connectivity index (χ0) is 23.6. The number of carbonyl (C=O) groups is 1. The molecular weight excluding hydrogens is 478 g/mol. The van der Waals surface area contributed by atoms with Crippen LogP contribution in [0.1, 0.15) is 5.56 Å². The molecule has 0 saturated carbocycles. The molecule has 2 aromatic rings. The van der Waals surface area contributed by atoms with Crippen LogP contribution < -0.4 is 5.32 Å². The average Bonchev–Trinajstić information content (AvgIpc) is 2.60. The molecule has 2 aromatic carbocycles. The Balaban J connectivity index is 2.32. The Morgan fingerprint density at radius 1 is 1.06 bits per heavy atom. The summed E-state index contributed by atoms with van der Waals surface area (Å²) in [5.41, 5.74) is -7.93. The SMILES string of the molecule is O=C(CS(=O)(=O)c1ccc(C(F)(F)F)cc1[N+](=O)[O-])Nc1ccccc1SC(F)(F)F. The van der Waals surface area contributed by atoms with Gasteiger partial charge in [0.05, 0.1) is 16.2 Å². The van der Waals surface area contributed by atoms with Gasteiger partial charge in [-0.15, -0.1) is 0 Å². The Labute approximate surface area is 174 Å². The van der Waals surface area contributed by atoms with Crippen LogP contribution in [-0.2, 0) is 20.8 Å². The third kappa shape index (κ3) is 6.58. The van der Waals surface area contributed by atoms with Crippen molar-refractivity contribution >= 4 is 38.9 Å². The molecule has 0 unspecified atom stereocenters. The molecule has 1 N–H and O–H groups in total. The van der Waals surface area contributed by atoms with E-state index >= 15 is 0 Å². The van der Waals surface area contributed by atoms with Gasteiger partial charge in [0.2, 0.25) is 5.91 Å². The number of thioether (sulfide) groups is 1. The lowest BCUT2D eigenvalue weighted by Gasteiger charge is -2.13. The van der Waals surface area contributed by atoms with Crippen LogP contribution in [0.4, 0.5) is 37.7 Å². The molecular formula is C16H10F6N2O5S2. The lowest BCUT2D eigenvalue weighted by molar-refractivity contribution is -0.388. The van der Waals surface area contributed by atoms with Gasteiger partial charge in [-0.2, -0.15) is 26.3 Å². The van der Waals surface area contributed by atoms with Crippen molar-refractivity contribution in [1.82, 2.24) is 0 Å². The number of para-hydroxylation sites is 1. The number of nitrogens with zero attached hydrogens (tertiary/aromatic N) is 1. The topological polar surface area (TPSA) is 106 Å². The molecule has 0 spiro atoms. The van der Waals surface area contributed by atoms with Crippen LogP contribution in [0.15, 0.2) is 52.3 Å². The number of rotatable bonds is 6. The molecule has 0 aromatic heterocycles. The number of hydrogen-bond donors (Lipinski definition) is 1. The Kier molecular flexibility index (Phi) is 6.90. The Bertz CT molecular complexity index is 1120. The van der Waals surface area contributed by atoms with Crippen LogP contribution in [-0.4, -0.2) is 30.5 Å². The van der Waals surface area contributed by atoms with Gasteiger partial charge >= 0.3 is 11.7 Å². The van der Waals surface area contributed by atoms with Crippen molar-refractivity contribution in [3.63, 3.8) is 0 Å². The van der Waals surface area contributed by atoms with E-state index in [0.717, 1.165) is 12.1 Å². The first-order valence-electron chi connectivity index (χ1n) is 7.83. The van der Waals surface area contributed by atoms with Crippen LogP contribution in [0, 0.1) is 10.1 Å². The summed E-state index contributed by atoms with van der Waals surface area (Å²) in [6.07, 6.45) is -4.98. The first-order chi connectivity index (χ1) is 14.1. The normalized spacial score (nSPS) is 12.5. The van der Waals surface area contributed by atoms with E-state index in [-0.39, 0.29) is 11.8 Å². The highest BCUT2D eigenvalue weighted by Gasteiger charge is 2.36. The van der Waals surface area contributed by atoms with Crippen LogP contribution in [0.3, 0.4) is 0 Å². The quantitative estimate of drug-likeness (QED) is 0.275. The second-order valence-corrected chi connectivity index (χ2v) is 8.85. The van der Waals surface area contributed by atoms with Gasteiger partial charge in [0.15, 0.2) is 9.84 Å². The number of sulfone groups is 1. The average molecular weight is 488 g/mol. The van der Waals surface area contributed by atoms with Gasteiger partial charge < -0.3 is 5.32 Å². The number of carbonyl (C=O) groups excluding carboxylic acids is 1. The molecule has 0 aliphatic heterocycles. The van der Waals surface area contributed by atoms with Gasteiger partial charge in [-0.25, -0.2) is 8.42 Å². The monoisotopic (exact) mass is 488 g/mol. The predicted octanol–water partition coefficient (Wildman–Crippen LogP) is 4.64. The minimum atomic E-state index is -4.98. The van der Waals surface area contributed by atoms with E-state index in [1.165, 1.54) is 12.1 Å². The zero-order valence-corrected chi connectivity index (χ0v) is 16.5. The summed E-state index contributed by atoms with van der Waals surface area (Å²) in [5.74, 6) is -2.80. The molecule has 0 aliphatic rings. The molecule has 2 rings (SSSR count). The number of benzene rings is 2. The molecule has 31 heavy (non-hydrogen) atoms. The van der Waals surface area contributed by atoms with Crippen molar-refractivity contribution in [2.75, 3.05) is 11.1 Å². The maximum Gasteiger partial charge on any atom is 0.446 e. The van der Waals surface area contributed by atoms with Gasteiger partial charge in [0.25, 0.3) is 5.69 Å². The van der Waals surface area contributed by atoms with E-state index in [1.54, 1.807) is 0 Å². The minimum absolute atomic E-state index is 0.0139. The maximum atomic E-state index is 12.7. The molecule has 0 bridgehead atoms. The Morgan fingerprint density at radius 3 is 2.23 bits per heavy atom. The first kappa shape index (κ1) is 24.5. The predicted molar refractivity (Wildman–Crippen MR) is 97.1 cm³/mol. The van der Waals surface area contributed by atoms with E-state index in [2.05, 4.69) is 0 Å². The van der Waals surface area contributed by atoms with E-state index in [0.29, 0.717) is 12.1 Å². The number of nitro groups is 1. The molecule has 15 heteroatoms. The van der Waals surface area contributed by atoms with Crippen molar-refractivity contribution < 1.29 is 44.5 Å². The van der Waals surface area contributed by atoms with Gasteiger partial charge in [0, 0.05) is 11.0 Å². The Hall–Kier alpha value is -2.81. The summed E-state index contributed by atoms with van der Waals surface area (Å²) in [5, 5.41) is 13.0. The van der Waals surface area contributed by atoms with Crippen molar-refractivity contribution in [2.45, 2.75) is 21.5 Å². The van der Waals surface area contributed by atoms with Gasteiger partial charge in [0.1, 0.15) is 10.6 Å². The standard InChI is InChI=1S/C16H10F6N2O5S2/c17-15(18,19)9-5-6-13(11(7-9)24(26)27)31(28,29)8-14(25)23-10-3-1-2-4-12(10)30-16(20,21)22/h1-7H,8H2,(H,23,25). The molecule has 0 heterocycles. The summed E-state index contributed by atoms with van der Waals surface area (Å²) in [6.45, 7) is 0. The summed E-state index contributed by atoms with van der Waals surface area (Å²) in [4.78, 5) is 20.2. The van der Waals surface area contributed by atoms with Crippen LogP contribution in [0.2, 0.25) is 0 Å². The Morgan fingerprint density at radius 2 is 1.68 bits per heavy atom. The molecule has 0 fully saturated rings. The fraction of sp³-hybridized carbons (Fsp3) is 0.188. The summed E-state index contributed by atoms with van der Waals surface area (Å²) < 4.78 is 101. The fourth-order valence-electron chi connectivity index (χ4n) is 2.32. The van der Waals surface area contributed by atoms with Gasteiger partial charge in [-0.05, 0) is 36.0 Å². The van der Waals surface area contributed by atoms with Crippen molar-refractivity contribution in [1.29, 1.82) is 0 Å². The largest absolute Gasteiger partial charge is 0.446 e. The number of halogens is 6. The van der Waals surface area contributed by atoms with E-state index < -0.39 is 70.9 Å². The first-order valence-corrected chi connectivity index (χ1v) is 10.3. The van der Waals surface area contributed by atoms with Crippen molar-refractivity contribution in [3.8, 4) is 0 Å². The third-order valence-corrected chi connectivity index (χ3v) is 5.99. The number of anilines is 1. The second kappa shape index (κ2) is 8.74. The molecule has 0 aliphatic carbocycles. The summed E-state index contributed by atoms with van der Waals surface area (Å²) in [7, 11) is -4.82. The lowest BCUT2D eigenvalue weighted by atomic mass is 10.2. The summed E-state index contributed by atoms with van der Waals surface area (Å²) >= 11 is -0.566. The smallest absolute Gasteiger partial charge is 0.324 e. The van der Waals surface area contributed by atoms with Gasteiger partial charge in [-0.3, -0.25) is 14.9 Å². The zero-order valence-electron chi connectivity index (χ0n) is 14.8. The van der Waals surface area contributed by atoms with Crippen LogP contribution in [0.5, 0.6) is 0 Å². The molecule has 0 radical (unpaired) electrons. The van der Waals surface area contributed by atoms with Crippen molar-refractivity contribution in [3.05, 3.63) is 58.1 Å². The minimum Gasteiger partial charge on any atom is -0.324 e.